The number of carbonyl (C=O) groups is 3. The molecule has 1 spiro atoms. The standard InChI is InChI=1S/C27H33BrClN3O5/c1-4-11-30(12-5-2)24(34)20-21-25(35)32(14-15-33)23(27(21)16-19(28)22(20)37-27)26(36)31(13-6-3)18-9-7-17(29)8-10-18/h4,6-10,19-23,33H,1,3,5,11-16H2,2H3/t19?,20-,21+,22-,23?,27?/m1/s1. The van der Waals surface area contributed by atoms with E-state index in [1.165, 1.54) is 4.90 Å². The molecule has 3 aliphatic heterocycles. The summed E-state index contributed by atoms with van der Waals surface area (Å²) in [6.07, 6.45) is 3.89. The van der Waals surface area contributed by atoms with E-state index in [4.69, 9.17) is 16.3 Å². The number of amides is 3. The molecule has 0 aromatic heterocycles. The highest BCUT2D eigenvalue weighted by Crippen LogP contribution is 2.60. The number of aliphatic hydroxyl groups is 1. The van der Waals surface area contributed by atoms with Gasteiger partial charge in [-0.15, -0.1) is 13.2 Å². The van der Waals surface area contributed by atoms with Crippen molar-refractivity contribution in [2.45, 2.75) is 42.3 Å². The molecular weight excluding hydrogens is 562 g/mol. The van der Waals surface area contributed by atoms with E-state index in [0.29, 0.717) is 30.2 Å². The molecule has 4 rings (SSSR count). The van der Waals surface area contributed by atoms with Crippen LogP contribution in [0.25, 0.3) is 0 Å². The van der Waals surface area contributed by atoms with Gasteiger partial charge in [-0.3, -0.25) is 14.4 Å². The maximum absolute atomic E-state index is 14.3. The molecule has 3 unspecified atom stereocenters. The van der Waals surface area contributed by atoms with Gasteiger partial charge in [0.15, 0.2) is 0 Å². The average molecular weight is 595 g/mol. The number of aliphatic hydroxyl groups excluding tert-OH is 1. The third-order valence-electron chi connectivity index (χ3n) is 7.52. The molecule has 8 nitrogen and oxygen atoms in total. The number of likely N-dealkylation sites (tertiary alicyclic amines) is 1. The van der Waals surface area contributed by atoms with Crippen LogP contribution < -0.4 is 4.90 Å². The molecule has 3 fully saturated rings. The minimum atomic E-state index is -1.19. The zero-order valence-corrected chi connectivity index (χ0v) is 23.2. The van der Waals surface area contributed by atoms with Gasteiger partial charge in [0.2, 0.25) is 11.8 Å². The summed E-state index contributed by atoms with van der Waals surface area (Å²) in [5.41, 5.74) is -0.596. The first kappa shape index (κ1) is 27.8. The number of nitrogens with zero attached hydrogens (tertiary/aromatic N) is 3. The Kier molecular flexibility index (Phi) is 8.48. The molecule has 1 aromatic rings. The number of ether oxygens (including phenoxy) is 1. The first-order chi connectivity index (χ1) is 17.7. The fraction of sp³-hybridized carbons (Fsp3) is 0.519. The molecule has 3 heterocycles. The van der Waals surface area contributed by atoms with Crippen molar-refractivity contribution in [3.63, 3.8) is 0 Å². The number of benzene rings is 1. The van der Waals surface area contributed by atoms with Gasteiger partial charge in [0.25, 0.3) is 5.91 Å². The maximum atomic E-state index is 14.3. The first-order valence-corrected chi connectivity index (χ1v) is 13.9. The van der Waals surface area contributed by atoms with Gasteiger partial charge in [-0.1, -0.05) is 46.6 Å². The van der Waals surface area contributed by atoms with E-state index < -0.39 is 29.6 Å². The third-order valence-corrected chi connectivity index (χ3v) is 8.62. The molecule has 0 aliphatic carbocycles. The predicted molar refractivity (Wildman–Crippen MR) is 146 cm³/mol. The van der Waals surface area contributed by atoms with Gasteiger partial charge in [-0.25, -0.2) is 0 Å². The Morgan fingerprint density at radius 3 is 2.51 bits per heavy atom. The van der Waals surface area contributed by atoms with Gasteiger partial charge in [0, 0.05) is 41.7 Å². The van der Waals surface area contributed by atoms with Crippen LogP contribution in [0.4, 0.5) is 5.69 Å². The van der Waals surface area contributed by atoms with Gasteiger partial charge in [0.05, 0.1) is 24.5 Å². The van der Waals surface area contributed by atoms with Gasteiger partial charge in [-0.05, 0) is 37.1 Å². The van der Waals surface area contributed by atoms with Crippen LogP contribution in [0.15, 0.2) is 49.6 Å². The van der Waals surface area contributed by atoms with Crippen molar-refractivity contribution in [3.8, 4) is 0 Å². The van der Waals surface area contributed by atoms with Crippen LogP contribution >= 0.6 is 27.5 Å². The van der Waals surface area contributed by atoms with Crippen molar-refractivity contribution in [1.29, 1.82) is 0 Å². The van der Waals surface area contributed by atoms with Crippen LogP contribution in [-0.2, 0) is 19.1 Å². The number of carbonyl (C=O) groups excluding carboxylic acids is 3. The molecule has 6 atom stereocenters. The van der Waals surface area contributed by atoms with Crippen molar-refractivity contribution in [2.75, 3.05) is 37.7 Å². The monoisotopic (exact) mass is 593 g/mol. The quantitative estimate of drug-likeness (QED) is 0.314. The summed E-state index contributed by atoms with van der Waals surface area (Å²) in [4.78, 5) is 46.4. The minimum absolute atomic E-state index is 0.0384. The second-order valence-corrected chi connectivity index (χ2v) is 11.3. The Morgan fingerprint density at radius 2 is 1.92 bits per heavy atom. The van der Waals surface area contributed by atoms with Gasteiger partial charge in [-0.2, -0.15) is 0 Å². The van der Waals surface area contributed by atoms with Gasteiger partial charge >= 0.3 is 0 Å². The summed E-state index contributed by atoms with van der Waals surface area (Å²) >= 11 is 9.76. The SMILES string of the molecule is C=CCN(CCC)C(=O)[C@H]1[C@@H]2OC3(CC2Br)C(C(=O)N(CC=C)c2ccc(Cl)cc2)N(CCO)C(=O)[C@H]13. The molecule has 200 valence electrons. The topological polar surface area (TPSA) is 90.4 Å². The van der Waals surface area contributed by atoms with E-state index in [1.54, 1.807) is 46.2 Å². The molecule has 10 heteroatoms. The lowest BCUT2D eigenvalue weighted by Gasteiger charge is -2.37. The average Bonchev–Trinajstić information content (AvgIpc) is 3.46. The molecule has 3 aliphatic rings. The number of hydrogen-bond donors (Lipinski definition) is 1. The van der Waals surface area contributed by atoms with Crippen molar-refractivity contribution in [3.05, 3.63) is 54.6 Å². The molecule has 3 saturated heterocycles. The third kappa shape index (κ3) is 4.64. The highest BCUT2D eigenvalue weighted by atomic mass is 79.9. The fourth-order valence-corrected chi connectivity index (χ4v) is 7.26. The van der Waals surface area contributed by atoms with Crippen molar-refractivity contribution in [2.24, 2.45) is 11.8 Å². The molecule has 3 amide bonds. The zero-order valence-electron chi connectivity index (χ0n) is 20.9. The molecule has 0 saturated carbocycles. The summed E-state index contributed by atoms with van der Waals surface area (Å²) in [6.45, 7) is 10.3. The summed E-state index contributed by atoms with van der Waals surface area (Å²) in [5.74, 6) is -2.42. The Morgan fingerprint density at radius 1 is 1.24 bits per heavy atom. The zero-order chi connectivity index (χ0) is 26.9. The van der Waals surface area contributed by atoms with E-state index in [9.17, 15) is 19.5 Å². The Hall–Kier alpha value is -2.20. The summed E-state index contributed by atoms with van der Waals surface area (Å²) in [5, 5.41) is 10.4. The number of fused-ring (bicyclic) bond motifs is 1. The van der Waals surface area contributed by atoms with E-state index in [1.807, 2.05) is 6.92 Å². The number of β-amino-alcohol motifs (C(OH)–C–C–N with tert-alkyl or cyclic N) is 1. The maximum Gasteiger partial charge on any atom is 0.253 e. The van der Waals surface area contributed by atoms with Crippen LogP contribution in [0.2, 0.25) is 5.02 Å². The Labute approximate surface area is 231 Å². The lowest BCUT2D eigenvalue weighted by Crippen LogP contribution is -2.57. The van der Waals surface area contributed by atoms with Crippen LogP contribution in [0.3, 0.4) is 0 Å². The van der Waals surface area contributed by atoms with Crippen molar-refractivity contribution >= 4 is 50.9 Å². The first-order valence-electron chi connectivity index (χ1n) is 12.6. The summed E-state index contributed by atoms with van der Waals surface area (Å²) in [6, 6.07) is 5.84. The largest absolute Gasteiger partial charge is 0.395 e. The van der Waals surface area contributed by atoms with Crippen LogP contribution in [0.1, 0.15) is 19.8 Å². The van der Waals surface area contributed by atoms with E-state index in [-0.39, 0.29) is 42.2 Å². The molecule has 1 aromatic carbocycles. The fourth-order valence-electron chi connectivity index (χ4n) is 6.19. The summed E-state index contributed by atoms with van der Waals surface area (Å²) < 4.78 is 6.54. The van der Waals surface area contributed by atoms with Gasteiger partial charge < -0.3 is 24.5 Å². The van der Waals surface area contributed by atoms with Crippen molar-refractivity contribution < 1.29 is 24.2 Å². The predicted octanol–water partition coefficient (Wildman–Crippen LogP) is 3.02. The van der Waals surface area contributed by atoms with Gasteiger partial charge in [0.1, 0.15) is 11.6 Å². The molecule has 1 N–H and O–H groups in total. The van der Waals surface area contributed by atoms with E-state index in [2.05, 4.69) is 29.1 Å². The summed E-state index contributed by atoms with van der Waals surface area (Å²) in [7, 11) is 0. The second-order valence-electron chi connectivity index (χ2n) is 9.71. The number of rotatable bonds is 11. The minimum Gasteiger partial charge on any atom is -0.395 e. The van der Waals surface area contributed by atoms with E-state index >= 15 is 0 Å². The highest BCUT2D eigenvalue weighted by Gasteiger charge is 2.76. The number of anilines is 1. The van der Waals surface area contributed by atoms with Crippen LogP contribution in [0, 0.1) is 11.8 Å². The smallest absolute Gasteiger partial charge is 0.253 e. The Bertz CT molecular complexity index is 1070. The number of hydrogen-bond acceptors (Lipinski definition) is 5. The second kappa shape index (κ2) is 11.3. The molecule has 2 bridgehead atoms. The normalized spacial score (nSPS) is 29.8. The number of alkyl halides is 1. The molecule has 37 heavy (non-hydrogen) atoms. The lowest BCUT2D eigenvalue weighted by molar-refractivity contribution is -0.145. The number of halogens is 2. The van der Waals surface area contributed by atoms with Crippen LogP contribution in [-0.4, -0.2) is 88.0 Å². The lowest BCUT2D eigenvalue weighted by atomic mass is 9.70. The van der Waals surface area contributed by atoms with Crippen molar-refractivity contribution in [1.82, 2.24) is 9.80 Å². The van der Waals surface area contributed by atoms with Crippen LogP contribution in [0.5, 0.6) is 0 Å². The highest BCUT2D eigenvalue weighted by molar-refractivity contribution is 9.09. The molecule has 0 radical (unpaired) electrons. The Balaban J connectivity index is 1.77. The van der Waals surface area contributed by atoms with E-state index in [0.717, 1.165) is 6.42 Å². The molecular formula is C27H33BrClN3O5.